The average molecular weight is 253 g/mol. The van der Waals surface area contributed by atoms with Crippen LogP contribution in [0.15, 0.2) is 5.38 Å². The second kappa shape index (κ2) is 5.60. The highest BCUT2D eigenvalue weighted by Crippen LogP contribution is 2.18. The maximum Gasteiger partial charge on any atom is 0.229 e. The van der Waals surface area contributed by atoms with Crippen molar-refractivity contribution in [3.05, 3.63) is 16.1 Å². The quantitative estimate of drug-likeness (QED) is 0.881. The number of hydrogen-bond acceptors (Lipinski definition) is 4. The molecule has 1 amide bonds. The highest BCUT2D eigenvalue weighted by Gasteiger charge is 2.18. The lowest BCUT2D eigenvalue weighted by Gasteiger charge is -2.27. The van der Waals surface area contributed by atoms with E-state index in [2.05, 4.69) is 29.5 Å². The summed E-state index contributed by atoms with van der Waals surface area (Å²) in [6.07, 6.45) is 0.456. The van der Waals surface area contributed by atoms with Crippen LogP contribution in [0.5, 0.6) is 0 Å². The van der Waals surface area contributed by atoms with Gasteiger partial charge >= 0.3 is 0 Å². The van der Waals surface area contributed by atoms with Crippen molar-refractivity contribution in [3.8, 4) is 0 Å². The van der Waals surface area contributed by atoms with E-state index in [1.807, 2.05) is 4.90 Å². The smallest absolute Gasteiger partial charge is 0.229 e. The van der Waals surface area contributed by atoms with Gasteiger partial charge in [-0.2, -0.15) is 0 Å². The van der Waals surface area contributed by atoms with Crippen molar-refractivity contribution in [2.75, 3.05) is 26.2 Å². The van der Waals surface area contributed by atoms with Gasteiger partial charge in [-0.3, -0.25) is 4.79 Å². The van der Waals surface area contributed by atoms with Crippen LogP contribution < -0.4 is 5.32 Å². The molecule has 1 aromatic heterocycles. The normalized spacial score (nSPS) is 16.5. The van der Waals surface area contributed by atoms with Crippen LogP contribution in [0.1, 0.15) is 30.5 Å². The first-order chi connectivity index (χ1) is 8.16. The van der Waals surface area contributed by atoms with Crippen LogP contribution in [0.4, 0.5) is 0 Å². The fourth-order valence-electron chi connectivity index (χ4n) is 1.83. The third-order valence-electron chi connectivity index (χ3n) is 2.93. The molecule has 1 aliphatic rings. The lowest BCUT2D eigenvalue weighted by molar-refractivity contribution is -0.131. The molecule has 0 aromatic carbocycles. The summed E-state index contributed by atoms with van der Waals surface area (Å²) >= 11 is 1.60. The Balaban J connectivity index is 1.92. The first-order valence-corrected chi connectivity index (χ1v) is 6.97. The average Bonchev–Trinajstić information content (AvgIpc) is 2.79. The Labute approximate surface area is 106 Å². The van der Waals surface area contributed by atoms with Gasteiger partial charge in [-0.1, -0.05) is 13.8 Å². The van der Waals surface area contributed by atoms with Crippen molar-refractivity contribution in [2.45, 2.75) is 26.2 Å². The van der Waals surface area contributed by atoms with E-state index >= 15 is 0 Å². The molecule has 1 aromatic rings. The lowest BCUT2D eigenvalue weighted by Crippen LogP contribution is -2.46. The molecule has 0 saturated carbocycles. The molecule has 1 aliphatic heterocycles. The molecule has 17 heavy (non-hydrogen) atoms. The Hall–Kier alpha value is -0.940. The summed E-state index contributed by atoms with van der Waals surface area (Å²) in [7, 11) is 0. The minimum Gasteiger partial charge on any atom is -0.340 e. The number of rotatable bonds is 3. The molecule has 2 heterocycles. The summed E-state index contributed by atoms with van der Waals surface area (Å²) in [6, 6.07) is 0. The Morgan fingerprint density at radius 1 is 1.53 bits per heavy atom. The van der Waals surface area contributed by atoms with Crippen LogP contribution in [0, 0.1) is 0 Å². The van der Waals surface area contributed by atoms with Crippen molar-refractivity contribution >= 4 is 17.2 Å². The number of nitrogens with one attached hydrogen (secondary N) is 1. The minimum absolute atomic E-state index is 0.205. The zero-order chi connectivity index (χ0) is 12.3. The van der Waals surface area contributed by atoms with Gasteiger partial charge in [0.1, 0.15) is 5.01 Å². The molecule has 1 fully saturated rings. The monoisotopic (exact) mass is 253 g/mol. The zero-order valence-corrected chi connectivity index (χ0v) is 11.2. The molecule has 1 N–H and O–H groups in total. The predicted octanol–water partition coefficient (Wildman–Crippen LogP) is 1.24. The standard InChI is InChI=1S/C12H19N3OS/c1-9(2)10-8-17-11(14-10)7-12(16)15-5-3-13-4-6-15/h8-9,13H,3-7H2,1-2H3. The molecular weight excluding hydrogens is 234 g/mol. The molecule has 0 bridgehead atoms. The van der Waals surface area contributed by atoms with Crippen LogP contribution in [0.2, 0.25) is 0 Å². The van der Waals surface area contributed by atoms with Gasteiger partial charge < -0.3 is 10.2 Å². The molecule has 0 spiro atoms. The van der Waals surface area contributed by atoms with Crippen LogP contribution in [0.25, 0.3) is 0 Å². The van der Waals surface area contributed by atoms with E-state index < -0.39 is 0 Å². The Morgan fingerprint density at radius 2 is 2.24 bits per heavy atom. The van der Waals surface area contributed by atoms with Gasteiger partial charge in [0.05, 0.1) is 12.1 Å². The van der Waals surface area contributed by atoms with Crippen LogP contribution in [0.3, 0.4) is 0 Å². The largest absolute Gasteiger partial charge is 0.340 e. The zero-order valence-electron chi connectivity index (χ0n) is 10.4. The van der Waals surface area contributed by atoms with E-state index in [4.69, 9.17) is 0 Å². The number of piperazine rings is 1. The highest BCUT2D eigenvalue weighted by molar-refractivity contribution is 7.09. The fourth-order valence-corrected chi connectivity index (χ4v) is 2.77. The van der Waals surface area contributed by atoms with Gasteiger partial charge in [0.15, 0.2) is 0 Å². The van der Waals surface area contributed by atoms with Crippen molar-refractivity contribution < 1.29 is 4.79 Å². The van der Waals surface area contributed by atoms with Crippen molar-refractivity contribution in [1.82, 2.24) is 15.2 Å². The topological polar surface area (TPSA) is 45.2 Å². The Kier molecular flexibility index (Phi) is 4.12. The molecule has 1 saturated heterocycles. The minimum atomic E-state index is 0.205. The van der Waals surface area contributed by atoms with Crippen LogP contribution in [-0.4, -0.2) is 42.0 Å². The number of carbonyl (C=O) groups is 1. The number of hydrogen-bond donors (Lipinski definition) is 1. The van der Waals surface area contributed by atoms with Crippen molar-refractivity contribution in [1.29, 1.82) is 0 Å². The predicted molar refractivity (Wildman–Crippen MR) is 69.4 cm³/mol. The molecule has 0 radical (unpaired) electrons. The van der Waals surface area contributed by atoms with Crippen LogP contribution in [-0.2, 0) is 11.2 Å². The second-order valence-electron chi connectivity index (χ2n) is 4.63. The van der Waals surface area contributed by atoms with Gasteiger partial charge in [0.25, 0.3) is 0 Å². The summed E-state index contributed by atoms with van der Waals surface area (Å²) in [5.74, 6) is 0.644. The maximum atomic E-state index is 12.0. The number of carbonyl (C=O) groups excluding carboxylic acids is 1. The number of nitrogens with zero attached hydrogens (tertiary/aromatic N) is 2. The number of amides is 1. The summed E-state index contributed by atoms with van der Waals surface area (Å²) in [5, 5.41) is 6.25. The number of aromatic nitrogens is 1. The molecule has 4 nitrogen and oxygen atoms in total. The van der Waals surface area contributed by atoms with Gasteiger partial charge in [-0.15, -0.1) is 11.3 Å². The summed E-state index contributed by atoms with van der Waals surface area (Å²) in [5.41, 5.74) is 1.10. The van der Waals surface area contributed by atoms with Gasteiger partial charge in [-0.05, 0) is 5.92 Å². The van der Waals surface area contributed by atoms with Crippen molar-refractivity contribution in [3.63, 3.8) is 0 Å². The second-order valence-corrected chi connectivity index (χ2v) is 5.57. The third kappa shape index (κ3) is 3.26. The van der Waals surface area contributed by atoms with E-state index in [-0.39, 0.29) is 5.91 Å². The summed E-state index contributed by atoms with van der Waals surface area (Å²) in [6.45, 7) is 7.69. The van der Waals surface area contributed by atoms with E-state index in [0.717, 1.165) is 36.9 Å². The first-order valence-electron chi connectivity index (χ1n) is 6.09. The molecule has 0 atom stereocenters. The molecule has 94 valence electrons. The lowest BCUT2D eigenvalue weighted by atomic mass is 10.2. The highest BCUT2D eigenvalue weighted by atomic mass is 32.1. The SMILES string of the molecule is CC(C)c1csc(CC(=O)N2CCNCC2)n1. The Morgan fingerprint density at radius 3 is 2.82 bits per heavy atom. The van der Waals surface area contributed by atoms with E-state index in [9.17, 15) is 4.79 Å². The van der Waals surface area contributed by atoms with E-state index in [1.165, 1.54) is 0 Å². The summed E-state index contributed by atoms with van der Waals surface area (Å²) < 4.78 is 0. The fraction of sp³-hybridized carbons (Fsp3) is 0.667. The third-order valence-corrected chi connectivity index (χ3v) is 3.80. The van der Waals surface area contributed by atoms with E-state index in [1.54, 1.807) is 11.3 Å². The molecule has 5 heteroatoms. The van der Waals surface area contributed by atoms with Crippen molar-refractivity contribution in [2.24, 2.45) is 0 Å². The summed E-state index contributed by atoms with van der Waals surface area (Å²) in [4.78, 5) is 18.4. The molecule has 0 unspecified atom stereocenters. The number of thiazole rings is 1. The maximum absolute atomic E-state index is 12.0. The molecule has 0 aliphatic carbocycles. The van der Waals surface area contributed by atoms with Gasteiger partial charge in [0.2, 0.25) is 5.91 Å². The van der Waals surface area contributed by atoms with Gasteiger partial charge in [-0.25, -0.2) is 4.98 Å². The van der Waals surface area contributed by atoms with Gasteiger partial charge in [0, 0.05) is 31.6 Å². The Bertz CT molecular complexity index is 383. The van der Waals surface area contributed by atoms with Crippen LogP contribution >= 0.6 is 11.3 Å². The van der Waals surface area contributed by atoms with E-state index in [0.29, 0.717) is 12.3 Å². The molecule has 2 rings (SSSR count). The molecular formula is C12H19N3OS. The first kappa shape index (κ1) is 12.5.